The second-order valence-corrected chi connectivity index (χ2v) is 8.46. The molecule has 194 valence electrons. The first-order valence-electron chi connectivity index (χ1n) is 12.3. The summed E-state index contributed by atoms with van der Waals surface area (Å²) in [6.07, 6.45) is 2.35. The molecule has 8 nitrogen and oxygen atoms in total. The summed E-state index contributed by atoms with van der Waals surface area (Å²) in [6, 6.07) is 21.3. The number of hydrogen-bond acceptors (Lipinski definition) is 6. The van der Waals surface area contributed by atoms with Gasteiger partial charge in [-0.1, -0.05) is 30.3 Å². The molecule has 8 heteroatoms. The molecule has 1 heterocycles. The largest absolute Gasteiger partial charge is 0.494 e. The fraction of sp³-hybridized carbons (Fsp3) is 0.310. The summed E-state index contributed by atoms with van der Waals surface area (Å²) >= 11 is 0. The van der Waals surface area contributed by atoms with E-state index in [4.69, 9.17) is 23.9 Å². The van der Waals surface area contributed by atoms with Crippen LogP contribution in [0.3, 0.4) is 0 Å². The first-order chi connectivity index (χ1) is 18.1. The average Bonchev–Trinajstić information content (AvgIpc) is 3.30. The number of benzene rings is 3. The van der Waals surface area contributed by atoms with Crippen LogP contribution in [0.25, 0.3) is 11.0 Å². The van der Waals surface area contributed by atoms with Crippen molar-refractivity contribution in [2.45, 2.75) is 25.8 Å². The van der Waals surface area contributed by atoms with Crippen molar-refractivity contribution in [2.75, 3.05) is 34.5 Å². The topological polar surface area (TPSA) is 83.8 Å². The summed E-state index contributed by atoms with van der Waals surface area (Å²) in [5.41, 5.74) is 2.53. The monoisotopic (exact) mass is 503 g/mol. The molecule has 0 bridgehead atoms. The Kier molecular flexibility index (Phi) is 8.86. The zero-order valence-electron chi connectivity index (χ0n) is 21.5. The zero-order valence-corrected chi connectivity index (χ0v) is 21.5. The van der Waals surface area contributed by atoms with Gasteiger partial charge in [0.15, 0.2) is 11.5 Å². The lowest BCUT2D eigenvalue weighted by Gasteiger charge is -2.14. The van der Waals surface area contributed by atoms with Crippen LogP contribution >= 0.6 is 0 Å². The van der Waals surface area contributed by atoms with Gasteiger partial charge in [0.1, 0.15) is 11.6 Å². The zero-order chi connectivity index (χ0) is 26.0. The number of nitrogens with zero attached hydrogens (tertiary/aromatic N) is 2. The second kappa shape index (κ2) is 12.7. The smallest absolute Gasteiger partial charge is 0.251 e. The molecule has 0 fully saturated rings. The normalized spacial score (nSPS) is 10.8. The number of rotatable bonds is 13. The maximum absolute atomic E-state index is 12.8. The lowest BCUT2D eigenvalue weighted by atomic mass is 10.1. The van der Waals surface area contributed by atoms with Crippen molar-refractivity contribution < 1.29 is 23.7 Å². The van der Waals surface area contributed by atoms with Crippen LogP contribution in [-0.2, 0) is 13.0 Å². The third-order valence-corrected chi connectivity index (χ3v) is 6.06. The van der Waals surface area contributed by atoms with E-state index in [0.29, 0.717) is 36.0 Å². The number of imidazole rings is 1. The summed E-state index contributed by atoms with van der Waals surface area (Å²) in [4.78, 5) is 17.6. The van der Waals surface area contributed by atoms with Gasteiger partial charge in [-0.2, -0.15) is 0 Å². The Morgan fingerprint density at radius 3 is 2.30 bits per heavy atom. The molecule has 4 aromatic rings. The molecule has 0 aliphatic heterocycles. The predicted molar refractivity (Wildman–Crippen MR) is 143 cm³/mol. The van der Waals surface area contributed by atoms with Gasteiger partial charge < -0.3 is 28.8 Å². The van der Waals surface area contributed by atoms with Gasteiger partial charge in [-0.05, 0) is 49.2 Å². The number of carbonyl (C=O) groups excluding carboxylic acids is 1. The van der Waals surface area contributed by atoms with Crippen molar-refractivity contribution >= 4 is 16.9 Å². The van der Waals surface area contributed by atoms with Crippen molar-refractivity contribution in [3.05, 3.63) is 78.1 Å². The maximum Gasteiger partial charge on any atom is 0.251 e. The van der Waals surface area contributed by atoms with Crippen molar-refractivity contribution in [1.82, 2.24) is 14.9 Å². The molecule has 1 amide bonds. The van der Waals surface area contributed by atoms with Gasteiger partial charge >= 0.3 is 0 Å². The number of hydrogen-bond donors (Lipinski definition) is 1. The van der Waals surface area contributed by atoms with Crippen molar-refractivity contribution in [3.8, 4) is 23.0 Å². The lowest BCUT2D eigenvalue weighted by Crippen LogP contribution is -2.25. The van der Waals surface area contributed by atoms with E-state index in [0.717, 1.165) is 48.4 Å². The number of fused-ring (bicyclic) bond motifs is 1. The standard InChI is InChI=1S/C29H33N3O5/c1-34-25-19-21(20-26(35-2)28(25)36-3)29(33)30-16-9-15-27-31-23-13-7-8-14-24(23)32(27)17-10-18-37-22-11-5-4-6-12-22/h4-8,11-14,19-20H,9-10,15-18H2,1-3H3,(H,30,33). The molecule has 4 rings (SSSR count). The molecule has 0 aliphatic rings. The number of aromatic nitrogens is 2. The van der Waals surface area contributed by atoms with E-state index in [-0.39, 0.29) is 5.91 Å². The van der Waals surface area contributed by atoms with Crippen molar-refractivity contribution in [2.24, 2.45) is 0 Å². The Bertz CT molecular complexity index is 1290. The Morgan fingerprint density at radius 1 is 0.892 bits per heavy atom. The van der Waals surface area contributed by atoms with Crippen LogP contribution in [0.4, 0.5) is 0 Å². The average molecular weight is 504 g/mol. The molecule has 0 aliphatic carbocycles. The minimum absolute atomic E-state index is 0.203. The first-order valence-corrected chi connectivity index (χ1v) is 12.3. The molecule has 1 aromatic heterocycles. The number of ether oxygens (including phenoxy) is 4. The highest BCUT2D eigenvalue weighted by molar-refractivity contribution is 5.95. The molecule has 0 saturated heterocycles. The Morgan fingerprint density at radius 2 is 1.59 bits per heavy atom. The molecule has 0 unspecified atom stereocenters. The van der Waals surface area contributed by atoms with Crippen LogP contribution in [0.15, 0.2) is 66.7 Å². The molecular formula is C29H33N3O5. The third-order valence-electron chi connectivity index (χ3n) is 6.06. The number of para-hydroxylation sites is 3. The van der Waals surface area contributed by atoms with Crippen molar-refractivity contribution in [3.63, 3.8) is 0 Å². The van der Waals surface area contributed by atoms with Crippen LogP contribution in [0.5, 0.6) is 23.0 Å². The van der Waals surface area contributed by atoms with Crippen LogP contribution in [-0.4, -0.2) is 49.9 Å². The van der Waals surface area contributed by atoms with Gasteiger partial charge in [-0.15, -0.1) is 0 Å². The molecule has 0 spiro atoms. The highest BCUT2D eigenvalue weighted by Crippen LogP contribution is 2.38. The van der Waals surface area contributed by atoms with E-state index >= 15 is 0 Å². The minimum atomic E-state index is -0.203. The third kappa shape index (κ3) is 6.33. The van der Waals surface area contributed by atoms with Gasteiger partial charge in [0.2, 0.25) is 5.75 Å². The van der Waals surface area contributed by atoms with Gasteiger partial charge in [-0.25, -0.2) is 4.98 Å². The fourth-order valence-electron chi connectivity index (χ4n) is 4.26. The fourth-order valence-corrected chi connectivity index (χ4v) is 4.26. The van der Waals surface area contributed by atoms with Gasteiger partial charge in [0.25, 0.3) is 5.91 Å². The van der Waals surface area contributed by atoms with Crippen LogP contribution in [0.2, 0.25) is 0 Å². The van der Waals surface area contributed by atoms with E-state index in [1.165, 1.54) is 21.3 Å². The molecule has 0 radical (unpaired) electrons. The Hall–Kier alpha value is -4.20. The first kappa shape index (κ1) is 25.9. The Labute approximate surface area is 217 Å². The number of aryl methyl sites for hydroxylation is 2. The lowest BCUT2D eigenvalue weighted by molar-refractivity contribution is 0.0952. The molecule has 3 aromatic carbocycles. The molecule has 1 N–H and O–H groups in total. The van der Waals surface area contributed by atoms with Gasteiger partial charge in [-0.3, -0.25) is 4.79 Å². The quantitative estimate of drug-likeness (QED) is 0.262. The number of amides is 1. The summed E-state index contributed by atoms with van der Waals surface area (Å²) < 4.78 is 24.2. The number of nitrogens with one attached hydrogen (secondary N) is 1. The summed E-state index contributed by atoms with van der Waals surface area (Å²) in [5, 5.41) is 2.99. The highest BCUT2D eigenvalue weighted by Gasteiger charge is 2.17. The van der Waals surface area contributed by atoms with E-state index in [9.17, 15) is 4.79 Å². The summed E-state index contributed by atoms with van der Waals surface area (Å²) in [7, 11) is 4.58. The van der Waals surface area contributed by atoms with E-state index in [1.54, 1.807) is 12.1 Å². The molecule has 0 atom stereocenters. The molecule has 0 saturated carbocycles. The van der Waals surface area contributed by atoms with E-state index in [1.807, 2.05) is 48.5 Å². The highest BCUT2D eigenvalue weighted by atomic mass is 16.5. The Balaban J connectivity index is 1.35. The number of methoxy groups -OCH3 is 3. The van der Waals surface area contributed by atoms with Crippen LogP contribution in [0, 0.1) is 0 Å². The minimum Gasteiger partial charge on any atom is -0.494 e. The molecule has 37 heavy (non-hydrogen) atoms. The van der Waals surface area contributed by atoms with Crippen molar-refractivity contribution in [1.29, 1.82) is 0 Å². The van der Waals surface area contributed by atoms with E-state index < -0.39 is 0 Å². The van der Waals surface area contributed by atoms with E-state index in [2.05, 4.69) is 16.0 Å². The predicted octanol–water partition coefficient (Wildman–Crippen LogP) is 4.89. The second-order valence-electron chi connectivity index (χ2n) is 8.46. The summed E-state index contributed by atoms with van der Waals surface area (Å²) in [6.45, 7) is 1.94. The SMILES string of the molecule is COc1cc(C(=O)NCCCc2nc3ccccc3n2CCCOc2ccccc2)cc(OC)c1OC. The van der Waals surface area contributed by atoms with Gasteiger partial charge in [0.05, 0.1) is 39.0 Å². The number of carbonyl (C=O) groups is 1. The maximum atomic E-state index is 12.8. The van der Waals surface area contributed by atoms with Crippen LogP contribution < -0.4 is 24.3 Å². The van der Waals surface area contributed by atoms with Crippen LogP contribution in [0.1, 0.15) is 29.0 Å². The van der Waals surface area contributed by atoms with Gasteiger partial charge in [0, 0.05) is 25.1 Å². The summed E-state index contributed by atoms with van der Waals surface area (Å²) in [5.74, 6) is 3.01. The molecular weight excluding hydrogens is 470 g/mol.